The number of carbonyl (C=O) groups excluding carboxylic acids is 2. The first-order valence-corrected chi connectivity index (χ1v) is 10.7. The van der Waals surface area contributed by atoms with Crippen molar-refractivity contribution in [1.82, 2.24) is 4.90 Å². The zero-order valence-electron chi connectivity index (χ0n) is 18.1. The van der Waals surface area contributed by atoms with E-state index in [2.05, 4.69) is 11.6 Å². The van der Waals surface area contributed by atoms with Crippen LogP contribution in [0, 0.1) is 0 Å². The largest absolute Gasteiger partial charge is 0.504 e. The fourth-order valence-corrected chi connectivity index (χ4v) is 4.04. The van der Waals surface area contributed by atoms with Crippen LogP contribution < -0.4 is 4.74 Å². The Morgan fingerprint density at radius 1 is 1.28 bits per heavy atom. The van der Waals surface area contributed by atoms with Gasteiger partial charge >= 0.3 is 5.97 Å². The van der Waals surface area contributed by atoms with Crippen molar-refractivity contribution in [1.29, 1.82) is 0 Å². The van der Waals surface area contributed by atoms with Crippen LogP contribution in [0.15, 0.2) is 59.0 Å². The zero-order valence-corrected chi connectivity index (χ0v) is 18.9. The van der Waals surface area contributed by atoms with Crippen LogP contribution in [0.4, 0.5) is 5.69 Å². The summed E-state index contributed by atoms with van der Waals surface area (Å²) in [5.74, 6) is -0.166. The summed E-state index contributed by atoms with van der Waals surface area (Å²) in [6.45, 7) is 5.97. The molecule has 0 spiro atoms. The predicted octanol–water partition coefficient (Wildman–Crippen LogP) is 4.54. The number of phenols is 1. The smallest absolute Gasteiger partial charge is 0.337 e. The van der Waals surface area contributed by atoms with Crippen LogP contribution >= 0.6 is 11.8 Å². The second-order valence-electron chi connectivity index (χ2n) is 6.86. The van der Waals surface area contributed by atoms with Crippen LogP contribution in [0.5, 0.6) is 11.5 Å². The molecule has 1 N–H and O–H groups in total. The second-order valence-corrected chi connectivity index (χ2v) is 7.87. The van der Waals surface area contributed by atoms with E-state index in [1.54, 1.807) is 55.6 Å². The molecule has 32 heavy (non-hydrogen) atoms. The van der Waals surface area contributed by atoms with Crippen molar-refractivity contribution < 1.29 is 24.2 Å². The third-order valence-corrected chi connectivity index (χ3v) is 5.71. The van der Waals surface area contributed by atoms with Crippen LogP contribution in [0.1, 0.15) is 28.4 Å². The van der Waals surface area contributed by atoms with Gasteiger partial charge in [-0.1, -0.05) is 6.08 Å². The van der Waals surface area contributed by atoms with Crippen molar-refractivity contribution in [2.24, 2.45) is 4.99 Å². The molecule has 2 aromatic rings. The van der Waals surface area contributed by atoms with Crippen molar-refractivity contribution in [2.75, 3.05) is 20.8 Å². The summed E-state index contributed by atoms with van der Waals surface area (Å²) >= 11 is 1.25. The van der Waals surface area contributed by atoms with E-state index < -0.39 is 5.97 Å². The number of hydrogen-bond donors (Lipinski definition) is 1. The zero-order chi connectivity index (χ0) is 23.3. The molecule has 0 radical (unpaired) electrons. The minimum absolute atomic E-state index is 0.0778. The van der Waals surface area contributed by atoms with Crippen molar-refractivity contribution in [3.8, 4) is 11.5 Å². The van der Waals surface area contributed by atoms with Crippen molar-refractivity contribution in [3.63, 3.8) is 0 Å². The van der Waals surface area contributed by atoms with Gasteiger partial charge in [-0.2, -0.15) is 0 Å². The molecule has 0 bridgehead atoms. The summed E-state index contributed by atoms with van der Waals surface area (Å²) in [7, 11) is 2.98. The van der Waals surface area contributed by atoms with Gasteiger partial charge in [0.1, 0.15) is 0 Å². The summed E-state index contributed by atoms with van der Waals surface area (Å²) < 4.78 is 10.2. The van der Waals surface area contributed by atoms with Gasteiger partial charge in [0, 0.05) is 12.6 Å². The Kier molecular flexibility index (Phi) is 7.37. The quantitative estimate of drug-likeness (QED) is 0.377. The van der Waals surface area contributed by atoms with Crippen LogP contribution in [0.25, 0.3) is 6.08 Å². The molecule has 166 valence electrons. The van der Waals surface area contributed by atoms with E-state index >= 15 is 0 Å². The SMILES string of the molecule is C=CCc1cc(/C=C2/S/C(=N/c3ccc(C(=O)OC)cc3)N(C)C2=O)cc(OCC)c1O. The molecule has 0 atom stereocenters. The van der Waals surface area contributed by atoms with Crippen LogP contribution in [0.2, 0.25) is 0 Å². The van der Waals surface area contributed by atoms with E-state index in [0.29, 0.717) is 45.7 Å². The Bertz CT molecular complexity index is 1110. The van der Waals surface area contributed by atoms with Crippen molar-refractivity contribution in [2.45, 2.75) is 13.3 Å². The fraction of sp³-hybridized carbons (Fsp3) is 0.208. The lowest BCUT2D eigenvalue weighted by molar-refractivity contribution is -0.121. The van der Waals surface area contributed by atoms with Gasteiger partial charge in [-0.25, -0.2) is 9.79 Å². The number of methoxy groups -OCH3 is 1. The molecular formula is C24H24N2O5S. The minimum Gasteiger partial charge on any atom is -0.504 e. The number of aliphatic imine (C=N–C) groups is 1. The number of aromatic hydroxyl groups is 1. The number of likely N-dealkylation sites (N-methyl/N-ethyl adjacent to an activating group) is 1. The van der Waals surface area contributed by atoms with Crippen LogP contribution in [-0.4, -0.2) is 47.8 Å². The molecular weight excluding hydrogens is 428 g/mol. The van der Waals surface area contributed by atoms with E-state index in [4.69, 9.17) is 9.47 Å². The summed E-state index contributed by atoms with van der Waals surface area (Å²) in [6, 6.07) is 10.1. The van der Waals surface area contributed by atoms with Gasteiger partial charge in [0.05, 0.1) is 29.9 Å². The lowest BCUT2D eigenvalue weighted by Gasteiger charge is -2.11. The number of phenolic OH excluding ortho intramolecular Hbond substituents is 1. The third-order valence-electron chi connectivity index (χ3n) is 4.65. The lowest BCUT2D eigenvalue weighted by atomic mass is 10.1. The molecule has 8 heteroatoms. The molecule has 0 unspecified atom stereocenters. The van der Waals surface area contributed by atoms with E-state index in [0.717, 1.165) is 5.56 Å². The molecule has 0 aromatic heterocycles. The summed E-state index contributed by atoms with van der Waals surface area (Å²) in [6.07, 6.45) is 3.92. The van der Waals surface area contributed by atoms with Crippen LogP contribution in [0.3, 0.4) is 0 Å². The molecule has 1 amide bonds. The van der Waals surface area contributed by atoms with Crippen molar-refractivity contribution >= 4 is 40.6 Å². The van der Waals surface area contributed by atoms with E-state index in [9.17, 15) is 14.7 Å². The van der Waals surface area contributed by atoms with Gasteiger partial charge in [-0.05, 0) is 73.1 Å². The highest BCUT2D eigenvalue weighted by molar-refractivity contribution is 8.18. The van der Waals surface area contributed by atoms with Gasteiger partial charge in [-0.3, -0.25) is 9.69 Å². The normalized spacial score (nSPS) is 16.0. The minimum atomic E-state index is -0.423. The van der Waals surface area contributed by atoms with Crippen molar-refractivity contribution in [3.05, 3.63) is 70.6 Å². The Labute approximate surface area is 191 Å². The number of amidine groups is 1. The standard InChI is InChI=1S/C24H24N2O5S/c1-5-7-17-12-15(13-19(21(17)27)31-6-2)14-20-22(28)26(3)24(32-20)25-18-10-8-16(9-11-18)23(29)30-4/h5,8-14,27H,1,6-7H2,2-4H3/b20-14+,25-24+. The average Bonchev–Trinajstić information content (AvgIpc) is 3.04. The molecule has 1 saturated heterocycles. The molecule has 3 rings (SSSR count). The van der Waals surface area contributed by atoms with Gasteiger partial charge in [0.2, 0.25) is 0 Å². The number of hydrogen-bond acceptors (Lipinski definition) is 7. The monoisotopic (exact) mass is 452 g/mol. The molecule has 1 heterocycles. The number of esters is 1. The first kappa shape index (κ1) is 23.1. The van der Waals surface area contributed by atoms with Gasteiger partial charge in [0.25, 0.3) is 5.91 Å². The number of amides is 1. The van der Waals surface area contributed by atoms with Gasteiger partial charge in [-0.15, -0.1) is 6.58 Å². The summed E-state index contributed by atoms with van der Waals surface area (Å²) in [5.41, 5.74) is 2.43. The summed E-state index contributed by atoms with van der Waals surface area (Å²) in [5, 5.41) is 10.9. The molecule has 0 saturated carbocycles. The molecule has 1 fully saturated rings. The maximum atomic E-state index is 12.8. The highest BCUT2D eigenvalue weighted by Gasteiger charge is 2.30. The Hall–Kier alpha value is -3.52. The highest BCUT2D eigenvalue weighted by atomic mass is 32.2. The Balaban J connectivity index is 1.90. The fourth-order valence-electron chi connectivity index (χ4n) is 3.05. The van der Waals surface area contributed by atoms with Gasteiger partial charge < -0.3 is 14.6 Å². The molecule has 0 aliphatic carbocycles. The Morgan fingerprint density at radius 2 is 2.00 bits per heavy atom. The number of allylic oxidation sites excluding steroid dienone is 1. The Morgan fingerprint density at radius 3 is 2.62 bits per heavy atom. The van der Waals surface area contributed by atoms with E-state index in [1.165, 1.54) is 23.8 Å². The number of ether oxygens (including phenoxy) is 2. The maximum absolute atomic E-state index is 12.8. The second kappa shape index (κ2) is 10.2. The van der Waals surface area contributed by atoms with E-state index in [1.807, 2.05) is 6.92 Å². The first-order valence-electron chi connectivity index (χ1n) is 9.92. The maximum Gasteiger partial charge on any atom is 0.337 e. The average molecular weight is 453 g/mol. The molecule has 1 aliphatic heterocycles. The number of carbonyl (C=O) groups is 2. The van der Waals surface area contributed by atoms with E-state index in [-0.39, 0.29) is 11.7 Å². The number of thioether (sulfide) groups is 1. The first-order chi connectivity index (χ1) is 15.4. The third kappa shape index (κ3) is 5.03. The molecule has 7 nitrogen and oxygen atoms in total. The topological polar surface area (TPSA) is 88.4 Å². The molecule has 1 aliphatic rings. The number of benzene rings is 2. The van der Waals surface area contributed by atoms with Crippen LogP contribution in [-0.2, 0) is 16.0 Å². The number of nitrogens with zero attached hydrogens (tertiary/aromatic N) is 2. The predicted molar refractivity (Wildman–Crippen MR) is 126 cm³/mol. The highest BCUT2D eigenvalue weighted by Crippen LogP contribution is 2.37. The number of rotatable bonds is 7. The lowest BCUT2D eigenvalue weighted by Crippen LogP contribution is -2.23. The van der Waals surface area contributed by atoms with Gasteiger partial charge in [0.15, 0.2) is 16.7 Å². The summed E-state index contributed by atoms with van der Waals surface area (Å²) in [4.78, 5) is 30.9. The molecule has 2 aromatic carbocycles.